The maximum absolute atomic E-state index is 12.4. The van der Waals surface area contributed by atoms with E-state index < -0.39 is 24.2 Å². The number of aromatic amines is 1. The van der Waals surface area contributed by atoms with Gasteiger partial charge in [0.25, 0.3) is 0 Å². The summed E-state index contributed by atoms with van der Waals surface area (Å²) in [5.41, 5.74) is 1.58. The number of carbonyl (C=O) groups excluding carboxylic acids is 1. The van der Waals surface area contributed by atoms with Crippen LogP contribution < -0.4 is 5.32 Å². The van der Waals surface area contributed by atoms with E-state index in [0.717, 1.165) is 23.8 Å². The molecule has 148 valence electrons. The van der Waals surface area contributed by atoms with Gasteiger partial charge in [0.15, 0.2) is 0 Å². The Kier molecular flexibility index (Phi) is 4.56. The van der Waals surface area contributed by atoms with Crippen LogP contribution in [0.4, 0.5) is 13.2 Å². The van der Waals surface area contributed by atoms with Crippen LogP contribution in [0.15, 0.2) is 31.0 Å². The van der Waals surface area contributed by atoms with E-state index >= 15 is 0 Å². The number of H-pyrrole nitrogens is 1. The lowest BCUT2D eigenvalue weighted by molar-refractivity contribution is -0.139. The number of carbonyl (C=O) groups is 1. The number of nitrogens with zero attached hydrogens (tertiary/aromatic N) is 4. The number of halogens is 3. The van der Waals surface area contributed by atoms with Gasteiger partial charge >= 0.3 is 6.18 Å². The molecule has 3 aromatic heterocycles. The van der Waals surface area contributed by atoms with E-state index in [0.29, 0.717) is 24.2 Å². The highest BCUT2D eigenvalue weighted by atomic mass is 19.4. The maximum atomic E-state index is 12.4. The first-order valence-electron chi connectivity index (χ1n) is 9.03. The molecule has 0 bridgehead atoms. The first-order valence-corrected chi connectivity index (χ1v) is 9.03. The average Bonchev–Trinajstić information content (AvgIpc) is 3.39. The number of alkyl halides is 3. The monoisotopic (exact) mass is 392 g/mol. The Hall–Kier alpha value is -2.91. The minimum absolute atomic E-state index is 0.0342. The molecule has 10 heteroatoms. The molecule has 3 aromatic rings. The van der Waals surface area contributed by atoms with Gasteiger partial charge in [-0.25, -0.2) is 9.97 Å². The molecule has 1 amide bonds. The highest BCUT2D eigenvalue weighted by molar-refractivity contribution is 5.90. The number of fused-ring (bicyclic) bond motifs is 1. The van der Waals surface area contributed by atoms with Crippen molar-refractivity contribution in [2.45, 2.75) is 43.8 Å². The third-order valence-corrected chi connectivity index (χ3v) is 5.21. The van der Waals surface area contributed by atoms with Gasteiger partial charge in [-0.3, -0.25) is 9.48 Å². The van der Waals surface area contributed by atoms with Gasteiger partial charge in [0.2, 0.25) is 5.91 Å². The summed E-state index contributed by atoms with van der Waals surface area (Å²) in [6, 6.07) is 1.87. The Morgan fingerprint density at radius 3 is 2.82 bits per heavy atom. The van der Waals surface area contributed by atoms with Gasteiger partial charge in [-0.15, -0.1) is 0 Å². The zero-order chi connectivity index (χ0) is 19.8. The molecule has 0 spiro atoms. The second-order valence-corrected chi connectivity index (χ2v) is 7.14. The van der Waals surface area contributed by atoms with Gasteiger partial charge in [-0.2, -0.15) is 18.3 Å². The average molecular weight is 392 g/mol. The molecule has 1 saturated carbocycles. The quantitative estimate of drug-likeness (QED) is 0.698. The van der Waals surface area contributed by atoms with E-state index in [1.807, 2.05) is 17.6 Å². The van der Waals surface area contributed by atoms with E-state index in [-0.39, 0.29) is 6.42 Å². The van der Waals surface area contributed by atoms with Gasteiger partial charge < -0.3 is 10.3 Å². The zero-order valence-electron chi connectivity index (χ0n) is 15.0. The van der Waals surface area contributed by atoms with Crippen molar-refractivity contribution in [3.63, 3.8) is 0 Å². The van der Waals surface area contributed by atoms with E-state index in [2.05, 4.69) is 20.1 Å². The molecule has 1 aliphatic carbocycles. The SMILES string of the molecule is O=C(CC1(n2cc(-c3ncnc4[nH]ccc34)cn2)CCCC1)NCC(F)(F)F. The van der Waals surface area contributed by atoms with Gasteiger partial charge in [-0.1, -0.05) is 12.8 Å². The Labute approximate surface area is 158 Å². The molecule has 0 unspecified atom stereocenters. The Morgan fingerprint density at radius 1 is 1.29 bits per heavy atom. The predicted molar refractivity (Wildman–Crippen MR) is 95.2 cm³/mol. The van der Waals surface area contributed by atoms with Crippen LogP contribution >= 0.6 is 0 Å². The largest absolute Gasteiger partial charge is 0.405 e. The van der Waals surface area contributed by atoms with Crippen LogP contribution in [0.1, 0.15) is 32.1 Å². The summed E-state index contributed by atoms with van der Waals surface area (Å²) in [5, 5.41) is 7.27. The molecule has 0 aromatic carbocycles. The summed E-state index contributed by atoms with van der Waals surface area (Å²) in [7, 11) is 0. The molecule has 1 fully saturated rings. The summed E-state index contributed by atoms with van der Waals surface area (Å²) in [5.74, 6) is -0.619. The number of nitrogens with one attached hydrogen (secondary N) is 2. The Bertz CT molecular complexity index is 987. The van der Waals surface area contributed by atoms with Gasteiger partial charge in [-0.05, 0) is 18.9 Å². The molecule has 0 radical (unpaired) electrons. The van der Waals surface area contributed by atoms with Crippen LogP contribution in [-0.2, 0) is 10.3 Å². The van der Waals surface area contributed by atoms with Crippen LogP contribution in [-0.4, -0.2) is 43.4 Å². The predicted octanol–water partition coefficient (Wildman–Crippen LogP) is 3.16. The highest BCUT2D eigenvalue weighted by Crippen LogP contribution is 2.40. The van der Waals surface area contributed by atoms with E-state index in [9.17, 15) is 18.0 Å². The van der Waals surface area contributed by atoms with Crippen LogP contribution in [0.2, 0.25) is 0 Å². The molecule has 28 heavy (non-hydrogen) atoms. The molecule has 4 rings (SSSR count). The number of hydrogen-bond donors (Lipinski definition) is 2. The van der Waals surface area contributed by atoms with Gasteiger partial charge in [0.05, 0.1) is 23.9 Å². The molecule has 0 saturated heterocycles. The third kappa shape index (κ3) is 3.58. The van der Waals surface area contributed by atoms with Gasteiger partial charge in [0.1, 0.15) is 18.5 Å². The summed E-state index contributed by atoms with van der Waals surface area (Å²) in [6.45, 7) is -1.32. The summed E-state index contributed by atoms with van der Waals surface area (Å²) < 4.78 is 38.9. The smallest absolute Gasteiger partial charge is 0.347 e. The van der Waals surface area contributed by atoms with Gasteiger partial charge in [0, 0.05) is 23.3 Å². The fraction of sp³-hybridized carbons (Fsp3) is 0.444. The lowest BCUT2D eigenvalue weighted by Gasteiger charge is -2.29. The molecule has 0 aliphatic heterocycles. The minimum atomic E-state index is -4.42. The fourth-order valence-corrected chi connectivity index (χ4v) is 3.89. The Morgan fingerprint density at radius 2 is 2.07 bits per heavy atom. The molecule has 7 nitrogen and oxygen atoms in total. The third-order valence-electron chi connectivity index (χ3n) is 5.21. The van der Waals surface area contributed by atoms with Crippen molar-refractivity contribution in [1.82, 2.24) is 30.0 Å². The Balaban J connectivity index is 1.59. The van der Waals surface area contributed by atoms with Crippen molar-refractivity contribution in [3.05, 3.63) is 31.0 Å². The summed E-state index contributed by atoms with van der Waals surface area (Å²) in [6.07, 6.45) is 5.44. The first kappa shape index (κ1) is 18.5. The second-order valence-electron chi connectivity index (χ2n) is 7.14. The van der Waals surface area contributed by atoms with Crippen LogP contribution in [0.25, 0.3) is 22.3 Å². The lowest BCUT2D eigenvalue weighted by Crippen LogP contribution is -2.40. The number of aromatic nitrogens is 5. The normalized spacial score (nSPS) is 16.5. The number of hydrogen-bond acceptors (Lipinski definition) is 4. The van der Waals surface area contributed by atoms with Crippen LogP contribution in [0.3, 0.4) is 0 Å². The van der Waals surface area contributed by atoms with Crippen LogP contribution in [0, 0.1) is 0 Å². The topological polar surface area (TPSA) is 88.5 Å². The lowest BCUT2D eigenvalue weighted by atomic mass is 9.93. The first-order chi connectivity index (χ1) is 13.4. The van der Waals surface area contributed by atoms with Crippen molar-refractivity contribution in [2.75, 3.05) is 6.54 Å². The van der Waals surface area contributed by atoms with Crippen LogP contribution in [0.5, 0.6) is 0 Å². The molecular formula is C18H19F3N6O. The minimum Gasteiger partial charge on any atom is -0.347 e. The fourth-order valence-electron chi connectivity index (χ4n) is 3.89. The van der Waals surface area contributed by atoms with Crippen molar-refractivity contribution < 1.29 is 18.0 Å². The molecule has 2 N–H and O–H groups in total. The number of amides is 1. The molecule has 3 heterocycles. The molecule has 1 aliphatic rings. The van der Waals surface area contributed by atoms with Crippen molar-refractivity contribution >= 4 is 16.9 Å². The van der Waals surface area contributed by atoms with E-state index in [1.54, 1.807) is 17.1 Å². The van der Waals surface area contributed by atoms with E-state index in [1.165, 1.54) is 6.33 Å². The van der Waals surface area contributed by atoms with E-state index in [4.69, 9.17) is 0 Å². The summed E-state index contributed by atoms with van der Waals surface area (Å²) >= 11 is 0. The molecule has 0 atom stereocenters. The highest BCUT2D eigenvalue weighted by Gasteiger charge is 2.39. The zero-order valence-corrected chi connectivity index (χ0v) is 15.0. The standard InChI is InChI=1S/C18H19F3N6O/c19-18(20,21)10-23-14(28)7-17(4-1-2-5-17)27-9-12(8-26-27)15-13-3-6-22-16(13)25-11-24-15/h3,6,8-9,11H,1-2,4-5,7,10H2,(H,23,28)(H,22,24,25). The molecular weight excluding hydrogens is 373 g/mol. The van der Waals surface area contributed by atoms with Crippen molar-refractivity contribution in [2.24, 2.45) is 0 Å². The number of rotatable bonds is 5. The second kappa shape index (κ2) is 6.92. The maximum Gasteiger partial charge on any atom is 0.405 e. The van der Waals surface area contributed by atoms with Crippen molar-refractivity contribution in [1.29, 1.82) is 0 Å². The van der Waals surface area contributed by atoms with Crippen molar-refractivity contribution in [3.8, 4) is 11.3 Å². The summed E-state index contributed by atoms with van der Waals surface area (Å²) in [4.78, 5) is 23.7.